The highest BCUT2D eigenvalue weighted by Gasteiger charge is 2.24. The lowest BCUT2D eigenvalue weighted by Crippen LogP contribution is -1.96. The van der Waals surface area contributed by atoms with Crippen LogP contribution in [-0.4, -0.2) is 19.1 Å². The van der Waals surface area contributed by atoms with Gasteiger partial charge in [-0.05, 0) is 78.9 Å². The lowest BCUT2D eigenvalue weighted by atomic mass is 10.0. The van der Waals surface area contributed by atoms with Crippen LogP contribution < -0.4 is 0 Å². The van der Waals surface area contributed by atoms with E-state index in [0.29, 0.717) is 5.82 Å². The number of aromatic nitrogens is 4. The number of rotatable bonds is 5. The van der Waals surface area contributed by atoms with Gasteiger partial charge in [0.15, 0.2) is 5.82 Å². The van der Waals surface area contributed by atoms with Gasteiger partial charge in [0.05, 0.1) is 38.8 Å². The quantitative estimate of drug-likeness (QED) is 0.177. The third-order valence-corrected chi connectivity index (χ3v) is 11.3. The first-order valence-corrected chi connectivity index (χ1v) is 19.3. The predicted octanol–water partition coefficient (Wildman–Crippen LogP) is 13.6. The van der Waals surface area contributed by atoms with Crippen molar-refractivity contribution in [2.45, 2.75) is 0 Å². The van der Waals surface area contributed by atoms with Gasteiger partial charge >= 0.3 is 0 Å². The van der Waals surface area contributed by atoms with E-state index in [2.05, 4.69) is 185 Å². The first kappa shape index (κ1) is 31.6. The van der Waals surface area contributed by atoms with Gasteiger partial charge in [-0.25, -0.2) is 9.97 Å². The number of nitrogens with zero attached hydrogens (tertiary/aromatic N) is 4. The lowest BCUT2D eigenvalue weighted by Gasteiger charge is -2.10. The van der Waals surface area contributed by atoms with Gasteiger partial charge in [0.25, 0.3) is 0 Å². The van der Waals surface area contributed by atoms with Crippen LogP contribution in [0.5, 0.6) is 0 Å². The third kappa shape index (κ3) is 4.82. The van der Waals surface area contributed by atoms with Crippen molar-refractivity contribution in [3.05, 3.63) is 194 Å². The second kappa shape index (κ2) is 12.4. The van der Waals surface area contributed by atoms with Gasteiger partial charge in [-0.3, -0.25) is 0 Å². The fourth-order valence-corrected chi connectivity index (χ4v) is 8.80. The molecule has 0 saturated heterocycles. The molecular weight excluding hydrogens is 697 g/mol. The van der Waals surface area contributed by atoms with Gasteiger partial charge in [-0.15, -0.1) is 0 Å². The molecule has 0 unspecified atom stereocenters. The Balaban J connectivity index is 1.23. The van der Waals surface area contributed by atoms with Crippen LogP contribution in [0, 0.1) is 0 Å². The van der Waals surface area contributed by atoms with Crippen LogP contribution in [0.3, 0.4) is 0 Å². The zero-order valence-corrected chi connectivity index (χ0v) is 30.7. The minimum absolute atomic E-state index is 0.678. The van der Waals surface area contributed by atoms with Crippen molar-refractivity contribution in [3.63, 3.8) is 0 Å². The van der Waals surface area contributed by atoms with Crippen LogP contribution in [-0.2, 0) is 0 Å². The Labute approximate surface area is 327 Å². The summed E-state index contributed by atoms with van der Waals surface area (Å²) in [5.41, 5.74) is 13.2. The summed E-state index contributed by atoms with van der Waals surface area (Å²) >= 11 is 0. The SMILES string of the molecule is c1ccc(-c2cc(-c3ccccc3)nc(-c3ccc4c(c3)c3c(ccc5c6c7oc8ccccc8c7ccc6n(-c6ccccc6)c53)n4-c3ccccc3)n2)cc1. The van der Waals surface area contributed by atoms with E-state index in [-0.39, 0.29) is 0 Å². The summed E-state index contributed by atoms with van der Waals surface area (Å²) in [6.07, 6.45) is 0. The highest BCUT2D eigenvalue weighted by atomic mass is 16.3. The van der Waals surface area contributed by atoms with Gasteiger partial charge < -0.3 is 13.6 Å². The Hall–Kier alpha value is -7.76. The molecule has 0 bridgehead atoms. The van der Waals surface area contributed by atoms with Gasteiger partial charge in [-0.1, -0.05) is 115 Å². The molecule has 0 aliphatic rings. The summed E-state index contributed by atoms with van der Waals surface area (Å²) in [4.78, 5) is 10.5. The van der Waals surface area contributed by atoms with E-state index >= 15 is 0 Å². The van der Waals surface area contributed by atoms with Gasteiger partial charge in [0.2, 0.25) is 0 Å². The highest BCUT2D eigenvalue weighted by Crippen LogP contribution is 2.46. The van der Waals surface area contributed by atoms with Crippen molar-refractivity contribution in [1.29, 1.82) is 0 Å². The maximum atomic E-state index is 6.73. The maximum Gasteiger partial charge on any atom is 0.160 e. The van der Waals surface area contributed by atoms with E-state index in [1.54, 1.807) is 0 Å². The molecule has 0 saturated carbocycles. The summed E-state index contributed by atoms with van der Waals surface area (Å²) in [5.74, 6) is 0.678. The molecule has 0 fully saturated rings. The molecular formula is C52H32N4O. The summed E-state index contributed by atoms with van der Waals surface area (Å²) in [5, 5.41) is 6.75. The van der Waals surface area contributed by atoms with E-state index in [1.807, 2.05) is 18.2 Å². The van der Waals surface area contributed by atoms with E-state index in [0.717, 1.165) is 105 Å². The van der Waals surface area contributed by atoms with Crippen molar-refractivity contribution in [1.82, 2.24) is 19.1 Å². The monoisotopic (exact) mass is 728 g/mol. The molecule has 5 nitrogen and oxygen atoms in total. The van der Waals surface area contributed by atoms with Crippen LogP contribution in [0.4, 0.5) is 0 Å². The first-order chi connectivity index (χ1) is 28.3. The average molecular weight is 729 g/mol. The second-order valence-electron chi connectivity index (χ2n) is 14.6. The largest absolute Gasteiger partial charge is 0.455 e. The van der Waals surface area contributed by atoms with Crippen molar-refractivity contribution < 1.29 is 4.42 Å². The molecule has 12 rings (SSSR count). The van der Waals surface area contributed by atoms with Gasteiger partial charge in [0, 0.05) is 55.0 Å². The van der Waals surface area contributed by atoms with Crippen LogP contribution >= 0.6 is 0 Å². The van der Waals surface area contributed by atoms with Crippen molar-refractivity contribution in [2.75, 3.05) is 0 Å². The van der Waals surface area contributed by atoms with E-state index in [9.17, 15) is 0 Å². The molecule has 57 heavy (non-hydrogen) atoms. The Kier molecular flexibility index (Phi) is 6.86. The number of furan rings is 1. The van der Waals surface area contributed by atoms with E-state index in [1.165, 1.54) is 0 Å². The summed E-state index contributed by atoms with van der Waals surface area (Å²) in [6, 6.07) is 68.2. The molecule has 12 aromatic rings. The lowest BCUT2D eigenvalue weighted by molar-refractivity contribution is 0.673. The summed E-state index contributed by atoms with van der Waals surface area (Å²) in [7, 11) is 0. The molecule has 0 spiro atoms. The molecule has 5 heteroatoms. The van der Waals surface area contributed by atoms with Crippen LogP contribution in [0.25, 0.3) is 111 Å². The molecule has 4 aromatic heterocycles. The molecule has 0 amide bonds. The van der Waals surface area contributed by atoms with Gasteiger partial charge in [-0.2, -0.15) is 0 Å². The number of hydrogen-bond acceptors (Lipinski definition) is 3. The van der Waals surface area contributed by atoms with Crippen LogP contribution in [0.1, 0.15) is 0 Å². The number of fused-ring (bicyclic) bond motifs is 11. The molecule has 266 valence electrons. The Morgan fingerprint density at radius 1 is 0.368 bits per heavy atom. The molecule has 0 aliphatic carbocycles. The molecule has 0 aliphatic heterocycles. The maximum absolute atomic E-state index is 6.73. The minimum atomic E-state index is 0.678. The second-order valence-corrected chi connectivity index (χ2v) is 14.6. The van der Waals surface area contributed by atoms with E-state index in [4.69, 9.17) is 14.4 Å². The van der Waals surface area contributed by atoms with Crippen molar-refractivity contribution >= 4 is 65.6 Å². The zero-order chi connectivity index (χ0) is 37.5. The average Bonchev–Trinajstić information content (AvgIpc) is 3.95. The standard InChI is InChI=1S/C52H32N4O/c1-5-15-33(16-6-1)42-32-43(34-17-7-2-8-18-34)54-52(53-42)35-25-28-44-41(31-35)48-45(55(44)36-19-9-3-10-20-36)30-27-40-49-46(56(50(40)48)37-21-11-4-12-22-37)29-26-39-38-23-13-14-24-47(38)57-51(39)49/h1-32H. The van der Waals surface area contributed by atoms with Crippen LogP contribution in [0.15, 0.2) is 199 Å². The summed E-state index contributed by atoms with van der Waals surface area (Å²) < 4.78 is 11.5. The number of benzene rings is 8. The highest BCUT2D eigenvalue weighted by molar-refractivity contribution is 6.31. The zero-order valence-electron chi connectivity index (χ0n) is 30.7. The topological polar surface area (TPSA) is 48.8 Å². The molecule has 0 radical (unpaired) electrons. The normalized spacial score (nSPS) is 11.9. The van der Waals surface area contributed by atoms with E-state index < -0.39 is 0 Å². The Morgan fingerprint density at radius 2 is 0.912 bits per heavy atom. The smallest absolute Gasteiger partial charge is 0.160 e. The summed E-state index contributed by atoms with van der Waals surface area (Å²) in [6.45, 7) is 0. The fourth-order valence-electron chi connectivity index (χ4n) is 8.80. The molecule has 0 N–H and O–H groups in total. The minimum Gasteiger partial charge on any atom is -0.455 e. The Bertz CT molecular complexity index is 3430. The molecule has 0 atom stereocenters. The molecule has 4 heterocycles. The Morgan fingerprint density at radius 3 is 1.58 bits per heavy atom. The predicted molar refractivity (Wildman–Crippen MR) is 234 cm³/mol. The van der Waals surface area contributed by atoms with Crippen molar-refractivity contribution in [3.8, 4) is 45.3 Å². The van der Waals surface area contributed by atoms with Gasteiger partial charge in [0.1, 0.15) is 11.2 Å². The third-order valence-electron chi connectivity index (χ3n) is 11.3. The van der Waals surface area contributed by atoms with Crippen molar-refractivity contribution in [2.24, 2.45) is 0 Å². The number of hydrogen-bond donors (Lipinski definition) is 0. The van der Waals surface area contributed by atoms with Crippen LogP contribution in [0.2, 0.25) is 0 Å². The number of para-hydroxylation sites is 3. The fraction of sp³-hybridized carbons (Fsp3) is 0. The molecule has 8 aromatic carbocycles. The first-order valence-electron chi connectivity index (χ1n) is 19.3.